The normalized spacial score (nSPS) is 9.31. The number of carbonyl (C=O) groups excluding carboxylic acids is 1. The Bertz CT molecular complexity index is 186. The molecule has 4 heteroatoms. The predicted octanol–water partition coefficient (Wildman–Crippen LogP) is 0.281. The first-order valence-electron chi connectivity index (χ1n) is 3.86. The first-order valence-corrected chi connectivity index (χ1v) is 3.86. The Hall–Kier alpha value is -1.13. The topological polar surface area (TPSA) is 55.8 Å². The quantitative estimate of drug-likeness (QED) is 0.268. The van der Waals surface area contributed by atoms with Gasteiger partial charge in [-0.3, -0.25) is 0 Å². The van der Waals surface area contributed by atoms with E-state index in [0.717, 1.165) is 0 Å². The molecule has 0 aliphatic carbocycles. The predicted molar refractivity (Wildman–Crippen MR) is 48.2 cm³/mol. The number of esters is 1. The van der Waals surface area contributed by atoms with Gasteiger partial charge >= 0.3 is 5.97 Å². The molecule has 0 aliphatic heterocycles. The largest absolute Gasteiger partial charge is 0.460 e. The van der Waals surface area contributed by atoms with Crippen molar-refractivity contribution in [1.29, 1.82) is 0 Å². The fourth-order valence-electron chi connectivity index (χ4n) is 0.565. The van der Waals surface area contributed by atoms with Crippen molar-refractivity contribution in [3.8, 4) is 0 Å². The Balaban J connectivity index is 3.57. The minimum absolute atomic E-state index is 0.0146. The Morgan fingerprint density at radius 2 is 2.23 bits per heavy atom. The Morgan fingerprint density at radius 1 is 1.54 bits per heavy atom. The van der Waals surface area contributed by atoms with Crippen LogP contribution in [0.4, 0.5) is 0 Å². The zero-order valence-electron chi connectivity index (χ0n) is 7.49. The molecule has 0 radical (unpaired) electrons. The van der Waals surface area contributed by atoms with Crippen molar-refractivity contribution >= 4 is 5.97 Å². The zero-order valence-corrected chi connectivity index (χ0v) is 7.49. The van der Waals surface area contributed by atoms with E-state index in [1.165, 1.54) is 0 Å². The van der Waals surface area contributed by atoms with Gasteiger partial charge in [0.25, 0.3) is 0 Å². The van der Waals surface area contributed by atoms with Crippen LogP contribution in [0.2, 0.25) is 0 Å². The lowest BCUT2D eigenvalue weighted by atomic mass is 10.3. The van der Waals surface area contributed by atoms with Gasteiger partial charge in [0.15, 0.2) is 0 Å². The van der Waals surface area contributed by atoms with Gasteiger partial charge in [-0.05, 0) is 0 Å². The summed E-state index contributed by atoms with van der Waals surface area (Å²) in [6, 6.07) is 0. The molecule has 0 aromatic carbocycles. The standard InChI is InChI=1S/C9H14O4/c1-3-5-12-7-8(2)9(11)13-6-4-10/h3,10H,1-2,4-7H2. The first-order chi connectivity index (χ1) is 6.22. The molecule has 0 aromatic rings. The van der Waals surface area contributed by atoms with Crippen LogP contribution in [0.15, 0.2) is 24.8 Å². The van der Waals surface area contributed by atoms with Crippen LogP contribution < -0.4 is 0 Å². The summed E-state index contributed by atoms with van der Waals surface area (Å²) in [5, 5.41) is 8.36. The number of ether oxygens (including phenoxy) is 2. The van der Waals surface area contributed by atoms with Crippen molar-refractivity contribution in [2.24, 2.45) is 0 Å². The maximum Gasteiger partial charge on any atom is 0.335 e. The second-order valence-electron chi connectivity index (χ2n) is 2.27. The molecule has 0 aromatic heterocycles. The summed E-state index contributed by atoms with van der Waals surface area (Å²) < 4.78 is 9.55. The lowest BCUT2D eigenvalue weighted by Gasteiger charge is -2.05. The summed E-state index contributed by atoms with van der Waals surface area (Å²) in [6.07, 6.45) is 1.58. The molecule has 0 heterocycles. The van der Waals surface area contributed by atoms with Crippen molar-refractivity contribution in [2.45, 2.75) is 0 Å². The molecule has 4 nitrogen and oxygen atoms in total. The van der Waals surface area contributed by atoms with E-state index in [4.69, 9.17) is 9.84 Å². The van der Waals surface area contributed by atoms with Crippen LogP contribution in [0.3, 0.4) is 0 Å². The van der Waals surface area contributed by atoms with Gasteiger partial charge in [0.2, 0.25) is 0 Å². The van der Waals surface area contributed by atoms with E-state index in [1.54, 1.807) is 6.08 Å². The van der Waals surface area contributed by atoms with Crippen molar-refractivity contribution in [3.63, 3.8) is 0 Å². The molecule has 74 valence electrons. The lowest BCUT2D eigenvalue weighted by molar-refractivity contribution is -0.140. The molecule has 0 aliphatic rings. The SMILES string of the molecule is C=CCOCC(=C)C(=O)OCCO. The summed E-state index contributed by atoms with van der Waals surface area (Å²) >= 11 is 0. The highest BCUT2D eigenvalue weighted by atomic mass is 16.5. The van der Waals surface area contributed by atoms with E-state index in [-0.39, 0.29) is 25.4 Å². The Labute approximate surface area is 77.5 Å². The van der Waals surface area contributed by atoms with Crippen LogP contribution in [-0.4, -0.2) is 37.5 Å². The highest BCUT2D eigenvalue weighted by molar-refractivity contribution is 5.87. The van der Waals surface area contributed by atoms with Crippen LogP contribution >= 0.6 is 0 Å². The van der Waals surface area contributed by atoms with Crippen molar-refractivity contribution < 1.29 is 19.4 Å². The first kappa shape index (κ1) is 11.9. The summed E-state index contributed by atoms with van der Waals surface area (Å²) in [5.41, 5.74) is 0.232. The summed E-state index contributed by atoms with van der Waals surface area (Å²) in [5.74, 6) is -0.543. The van der Waals surface area contributed by atoms with Gasteiger partial charge in [0, 0.05) is 0 Å². The van der Waals surface area contributed by atoms with Gasteiger partial charge in [0.1, 0.15) is 6.61 Å². The molecule has 1 N–H and O–H groups in total. The molecular weight excluding hydrogens is 172 g/mol. The van der Waals surface area contributed by atoms with Crippen LogP contribution in [0, 0.1) is 0 Å². The average Bonchev–Trinajstić information content (AvgIpc) is 2.14. The fraction of sp³-hybridized carbons (Fsp3) is 0.444. The number of hydrogen-bond acceptors (Lipinski definition) is 4. The molecule has 0 unspecified atom stereocenters. The monoisotopic (exact) mass is 186 g/mol. The second kappa shape index (κ2) is 7.52. The Morgan fingerprint density at radius 3 is 2.77 bits per heavy atom. The molecule has 0 saturated carbocycles. The van der Waals surface area contributed by atoms with Crippen LogP contribution in [0.1, 0.15) is 0 Å². The van der Waals surface area contributed by atoms with E-state index in [2.05, 4.69) is 17.9 Å². The van der Waals surface area contributed by atoms with Crippen molar-refractivity contribution in [1.82, 2.24) is 0 Å². The molecule has 0 amide bonds. The van der Waals surface area contributed by atoms with Crippen LogP contribution in [0.25, 0.3) is 0 Å². The third-order valence-electron chi connectivity index (χ3n) is 1.13. The van der Waals surface area contributed by atoms with E-state index in [1.807, 2.05) is 0 Å². The van der Waals surface area contributed by atoms with E-state index < -0.39 is 5.97 Å². The van der Waals surface area contributed by atoms with Gasteiger partial charge in [-0.25, -0.2) is 4.79 Å². The highest BCUT2D eigenvalue weighted by Crippen LogP contribution is 1.95. The van der Waals surface area contributed by atoms with Gasteiger partial charge in [-0.2, -0.15) is 0 Å². The number of carbonyl (C=O) groups is 1. The molecule has 0 saturated heterocycles. The number of rotatable bonds is 7. The molecule has 0 rings (SSSR count). The van der Waals surface area contributed by atoms with Gasteiger partial charge < -0.3 is 14.6 Å². The second-order valence-corrected chi connectivity index (χ2v) is 2.27. The van der Waals surface area contributed by atoms with Crippen molar-refractivity contribution in [3.05, 3.63) is 24.8 Å². The molecule has 0 fully saturated rings. The smallest absolute Gasteiger partial charge is 0.335 e. The van der Waals surface area contributed by atoms with E-state index in [9.17, 15) is 4.79 Å². The van der Waals surface area contributed by atoms with Crippen LogP contribution in [-0.2, 0) is 14.3 Å². The fourth-order valence-corrected chi connectivity index (χ4v) is 0.565. The van der Waals surface area contributed by atoms with Gasteiger partial charge in [-0.15, -0.1) is 6.58 Å². The molecule has 0 spiro atoms. The van der Waals surface area contributed by atoms with Gasteiger partial charge in [-0.1, -0.05) is 12.7 Å². The third-order valence-corrected chi connectivity index (χ3v) is 1.13. The minimum atomic E-state index is -0.543. The summed E-state index contributed by atoms with van der Waals surface area (Å²) in [6.45, 7) is 7.20. The number of aliphatic hydroxyl groups is 1. The van der Waals surface area contributed by atoms with E-state index in [0.29, 0.717) is 6.61 Å². The molecular formula is C9H14O4. The Kier molecular flexibility index (Phi) is 6.86. The number of aliphatic hydroxyl groups excluding tert-OH is 1. The zero-order chi connectivity index (χ0) is 10.1. The molecule has 0 atom stereocenters. The maximum atomic E-state index is 11.0. The van der Waals surface area contributed by atoms with Crippen LogP contribution in [0.5, 0.6) is 0 Å². The minimum Gasteiger partial charge on any atom is -0.460 e. The maximum absolute atomic E-state index is 11.0. The van der Waals surface area contributed by atoms with Crippen molar-refractivity contribution in [2.75, 3.05) is 26.4 Å². The van der Waals surface area contributed by atoms with E-state index >= 15 is 0 Å². The lowest BCUT2D eigenvalue weighted by Crippen LogP contribution is -2.14. The third kappa shape index (κ3) is 6.07. The average molecular weight is 186 g/mol. The van der Waals surface area contributed by atoms with Gasteiger partial charge in [0.05, 0.1) is 25.4 Å². The highest BCUT2D eigenvalue weighted by Gasteiger charge is 2.07. The molecule has 13 heavy (non-hydrogen) atoms. The summed E-state index contributed by atoms with van der Waals surface area (Å²) in [4.78, 5) is 11.0. The summed E-state index contributed by atoms with van der Waals surface area (Å²) in [7, 11) is 0. The molecule has 0 bridgehead atoms. The number of hydrogen-bond donors (Lipinski definition) is 1.